The minimum Gasteiger partial charge on any atom is -0.456 e. The van der Waals surface area contributed by atoms with Crippen LogP contribution in [0.15, 0.2) is 60.2 Å². The fourth-order valence-corrected chi connectivity index (χ4v) is 15.8. The zero-order valence-corrected chi connectivity index (χ0v) is 60.6. The molecule has 8 amide bonds. The number of esters is 1. The van der Waals surface area contributed by atoms with Gasteiger partial charge in [0.1, 0.15) is 36.4 Å². The van der Waals surface area contributed by atoms with Crippen molar-refractivity contribution in [2.75, 3.05) is 91.1 Å². The molecule has 6 aliphatic carbocycles. The van der Waals surface area contributed by atoms with Gasteiger partial charge in [-0.1, -0.05) is 64.5 Å². The fourth-order valence-electron chi connectivity index (χ4n) is 15.8. The van der Waals surface area contributed by atoms with Gasteiger partial charge in [0.2, 0.25) is 29.4 Å². The van der Waals surface area contributed by atoms with E-state index in [1.165, 1.54) is 57.2 Å². The molecule has 1 aromatic carbocycles. The highest BCUT2D eigenvalue weighted by Crippen LogP contribution is 2.72. The molecule has 31 heteroatoms. The molecule has 16 atom stereocenters. The molecule has 1 aromatic rings. The number of hydrogen-bond acceptors (Lipinski definition) is 21. The van der Waals surface area contributed by atoms with Crippen molar-refractivity contribution < 1.29 is 110 Å². The lowest BCUT2D eigenvalue weighted by Gasteiger charge is -2.63. The highest BCUT2D eigenvalue weighted by molar-refractivity contribution is 6.02. The zero-order chi connectivity index (χ0) is 75.6. The maximum Gasteiger partial charge on any atom is 0.408 e. The van der Waals surface area contributed by atoms with E-state index in [1.54, 1.807) is 20.8 Å². The normalized spacial score (nSPS) is 28.7. The van der Waals surface area contributed by atoms with Gasteiger partial charge in [-0.25, -0.2) is 28.0 Å². The molecule has 0 bridgehead atoms. The first-order valence-electron chi connectivity index (χ1n) is 36.3. The van der Waals surface area contributed by atoms with Gasteiger partial charge in [0.15, 0.2) is 29.9 Å². The highest BCUT2D eigenvalue weighted by Gasteiger charge is 2.80. The Bertz CT molecular complexity index is 3270. The number of carbonyl (C=O) groups excluding carboxylic acids is 10. The highest BCUT2D eigenvalue weighted by atomic mass is 19.1. The fraction of sp³-hybridized carbons (Fsp3) is 0.699. The number of Topliss-reactive ketones (excluding diaryl/α,β-unsaturated/α-hetero) is 1. The summed E-state index contributed by atoms with van der Waals surface area (Å²) in [5, 5.41) is 40.1. The number of carbonyl (C=O) groups is 10. The number of benzene rings is 1. The van der Waals surface area contributed by atoms with Crippen LogP contribution in [0.3, 0.4) is 0 Å². The molecule has 2 unspecified atom stereocenters. The van der Waals surface area contributed by atoms with E-state index in [0.29, 0.717) is 82.3 Å². The molecule has 1 heterocycles. The van der Waals surface area contributed by atoms with Gasteiger partial charge in [-0.2, -0.15) is 0 Å². The molecule has 1 saturated heterocycles. The summed E-state index contributed by atoms with van der Waals surface area (Å²) in [7, 11) is 0. The van der Waals surface area contributed by atoms with Crippen molar-refractivity contribution >= 4 is 65.1 Å². The predicted octanol–water partition coefficient (Wildman–Crippen LogP) is 4.68. The molecule has 11 N–H and O–H groups in total. The first-order chi connectivity index (χ1) is 49.5. The second kappa shape index (κ2) is 37.1. The third-order valence-corrected chi connectivity index (χ3v) is 21.4. The maximum atomic E-state index is 18.0. The van der Waals surface area contributed by atoms with Crippen molar-refractivity contribution in [3.05, 3.63) is 65.8 Å². The van der Waals surface area contributed by atoms with Crippen LogP contribution in [-0.2, 0) is 82.8 Å². The molecule has 0 radical (unpaired) electrons. The van der Waals surface area contributed by atoms with Crippen LogP contribution in [0.2, 0.25) is 0 Å². The SMILES string of the molecule is CCCC1O[C@@H]2C[C@H]3[C@@H]4C[C@H](F)C5=CC(=O)C=C[C@]5(C)[C@@]4(F)[C@@H](O)C[C@]3(C)[C@]2(C(=O)COC(=O)C(C)(C)NC(=O)[C@H](CO)NC(=O)OCc2ccc(NC(=O)[C@H](CCCNC(N)=O)NC(=O)[C@@H](NC(=O)CCOCCOCCOCCOCCNC(=O)OCC3[C@H]4CCC=CCC[C@@H]34)C(C)C)cc2)O1. The van der Waals surface area contributed by atoms with Crippen LogP contribution in [-0.4, -0.2) is 215 Å². The van der Waals surface area contributed by atoms with Crippen molar-refractivity contribution in [2.45, 2.75) is 192 Å². The number of rotatable bonds is 39. The van der Waals surface area contributed by atoms with Crippen LogP contribution in [0, 0.1) is 46.3 Å². The van der Waals surface area contributed by atoms with E-state index in [2.05, 4.69) is 49.4 Å². The quantitative estimate of drug-likeness (QED) is 0.0185. The average Bonchev–Trinajstić information content (AvgIpc) is 1.42. The average molecular weight is 1470 g/mol. The Morgan fingerprint density at radius 3 is 2.07 bits per heavy atom. The zero-order valence-electron chi connectivity index (χ0n) is 60.6. The monoisotopic (exact) mass is 1470 g/mol. The summed E-state index contributed by atoms with van der Waals surface area (Å²) in [5.74, 6) is -5.73. The number of urea groups is 1. The second-order valence-electron chi connectivity index (χ2n) is 29.2. The predicted molar refractivity (Wildman–Crippen MR) is 370 cm³/mol. The molecule has 0 aromatic heterocycles. The summed E-state index contributed by atoms with van der Waals surface area (Å²) in [6.07, 6.45) is 6.07. The molecule has 0 spiro atoms. The van der Waals surface area contributed by atoms with Crippen LogP contribution in [0.1, 0.15) is 131 Å². The number of aliphatic hydroxyl groups is 2. The number of amides is 8. The van der Waals surface area contributed by atoms with Gasteiger partial charge in [-0.3, -0.25) is 28.8 Å². The number of alkyl halides is 2. The first kappa shape index (κ1) is 82.1. The van der Waals surface area contributed by atoms with Crippen molar-refractivity contribution in [1.82, 2.24) is 31.9 Å². The number of ketones is 2. The minimum atomic E-state index is -2.45. The number of aliphatic hydroxyl groups excluding tert-OH is 2. The van der Waals surface area contributed by atoms with Crippen LogP contribution >= 0.6 is 0 Å². The smallest absolute Gasteiger partial charge is 0.408 e. The van der Waals surface area contributed by atoms with Crippen LogP contribution < -0.4 is 43.0 Å². The Balaban J connectivity index is 0.722. The van der Waals surface area contributed by atoms with Crippen molar-refractivity contribution in [3.63, 3.8) is 0 Å². The van der Waals surface area contributed by atoms with E-state index in [-0.39, 0.29) is 82.8 Å². The summed E-state index contributed by atoms with van der Waals surface area (Å²) < 4.78 is 85.5. The van der Waals surface area contributed by atoms with E-state index in [9.17, 15) is 58.2 Å². The summed E-state index contributed by atoms with van der Waals surface area (Å²) in [5.41, 5.74) is -3.43. The van der Waals surface area contributed by atoms with Gasteiger partial charge in [-0.05, 0) is 150 Å². The lowest BCUT2D eigenvalue weighted by Crippen LogP contribution is -2.71. The van der Waals surface area contributed by atoms with Gasteiger partial charge in [0, 0.05) is 41.9 Å². The van der Waals surface area contributed by atoms with E-state index in [0.717, 1.165) is 31.8 Å². The van der Waals surface area contributed by atoms with Crippen LogP contribution in [0.5, 0.6) is 0 Å². The third kappa shape index (κ3) is 19.9. The molecule has 7 aliphatic rings. The lowest BCUT2D eigenvalue weighted by atomic mass is 9.44. The first-order valence-corrected chi connectivity index (χ1v) is 36.3. The Morgan fingerprint density at radius 1 is 0.779 bits per heavy atom. The van der Waals surface area contributed by atoms with Gasteiger partial charge in [0.25, 0.3) is 0 Å². The number of halogens is 2. The molecule has 8 rings (SSSR count). The van der Waals surface area contributed by atoms with Crippen molar-refractivity contribution in [2.24, 2.45) is 52.1 Å². The number of alkyl carbamates (subject to hydrolysis) is 2. The second-order valence-corrected chi connectivity index (χ2v) is 29.2. The molecule has 4 saturated carbocycles. The van der Waals surface area contributed by atoms with Crippen LogP contribution in [0.4, 0.5) is 28.9 Å². The minimum absolute atomic E-state index is 0.0341. The standard InChI is InChI=1S/C73H106F2N8O21/c1-8-14-60-103-58-37-50-51-36-53(74)52-35-46(85)22-24-70(52,6)72(51,75)56(86)38-71(50,7)73(58,104-60)57(87)42-100-65(92)69(4,5)83-63(90)55(39-84)81-68(95)101-40-44-18-20-45(21-19-44)79-62(89)54(17-13-25-77-66(76)93)80-64(91)61(43(2)3)82-59(88)23-27-96-29-31-98-33-34-99-32-30-97-28-26-78-67(94)102-41-49-47-15-11-9-10-12-16-48(47)49/h9-10,18-22,24,35,43,47-51,53-56,58,60-61,84,86H,8,11-17,23,25-34,36-42H2,1-7H3,(H,78,94)(H,79,89)(H,80,91)(H,81,95)(H,82,88)(H,83,90)(H3,76,77,93)/t47-,48+,49?,50-,51-,53-,54-,55-,56-,58+,60?,61-,70-,71-,72-,73+/m0/s1. The summed E-state index contributed by atoms with van der Waals surface area (Å²) in [4.78, 5) is 132. The molecular weight excluding hydrogens is 1360 g/mol. The third-order valence-electron chi connectivity index (χ3n) is 21.4. The number of hydrogen-bond donors (Lipinski definition) is 10. The summed E-state index contributed by atoms with van der Waals surface area (Å²) >= 11 is 0. The number of anilines is 1. The van der Waals surface area contributed by atoms with Gasteiger partial charge in [-0.15, -0.1) is 0 Å². The largest absolute Gasteiger partial charge is 0.456 e. The molecular formula is C73H106F2N8O21. The van der Waals surface area contributed by atoms with Crippen molar-refractivity contribution in [3.8, 4) is 0 Å². The Morgan fingerprint density at radius 2 is 1.43 bits per heavy atom. The summed E-state index contributed by atoms with van der Waals surface area (Å²) in [6, 6.07) is 1.35. The molecule has 1 aliphatic heterocycles. The number of fused-ring (bicyclic) bond motifs is 8. The number of allylic oxidation sites excluding steroid dienone is 6. The van der Waals surface area contributed by atoms with E-state index in [4.69, 9.17) is 48.4 Å². The van der Waals surface area contributed by atoms with Gasteiger partial charge < -0.3 is 95.8 Å². The van der Waals surface area contributed by atoms with E-state index in [1.807, 2.05) is 6.92 Å². The van der Waals surface area contributed by atoms with Gasteiger partial charge in [0.05, 0.1) is 78.3 Å². The van der Waals surface area contributed by atoms with E-state index >= 15 is 8.78 Å². The summed E-state index contributed by atoms with van der Waals surface area (Å²) in [6.45, 7) is 11.7. The van der Waals surface area contributed by atoms with Gasteiger partial charge >= 0.3 is 24.2 Å². The van der Waals surface area contributed by atoms with E-state index < -0.39 is 161 Å². The number of nitrogens with two attached hydrogens (primary N) is 1. The Hall–Kier alpha value is -7.52. The number of nitrogens with one attached hydrogen (secondary N) is 7. The van der Waals surface area contributed by atoms with Crippen molar-refractivity contribution in [1.29, 1.82) is 0 Å². The molecule has 29 nitrogen and oxygen atoms in total. The number of ether oxygens (including phenoxy) is 9. The molecule has 5 fully saturated rings. The Kier molecular flexibility index (Phi) is 29.3. The maximum absolute atomic E-state index is 18.0. The van der Waals surface area contributed by atoms with Crippen LogP contribution in [0.25, 0.3) is 0 Å². The lowest BCUT2D eigenvalue weighted by molar-refractivity contribution is -0.235. The molecule has 578 valence electrons. The molecule has 104 heavy (non-hydrogen) atoms. The Labute approximate surface area is 605 Å². The number of primary amides is 1. The topological polar surface area (TPSA) is 404 Å².